The number of terminal acetylenes is 1. The highest BCUT2D eigenvalue weighted by Gasteiger charge is 2.38. The van der Waals surface area contributed by atoms with Gasteiger partial charge in [-0.1, -0.05) is 19.8 Å². The molecule has 3 aliphatic rings. The van der Waals surface area contributed by atoms with Crippen molar-refractivity contribution < 1.29 is 9.53 Å². The third kappa shape index (κ3) is 4.30. The summed E-state index contributed by atoms with van der Waals surface area (Å²) >= 11 is 0. The molecule has 0 radical (unpaired) electrons. The fraction of sp³-hybridized carbons (Fsp3) is 0.615. The molecular weight excluding hydrogens is 400 g/mol. The van der Waals surface area contributed by atoms with Crippen molar-refractivity contribution in [2.75, 3.05) is 31.1 Å². The first-order valence-electron chi connectivity index (χ1n) is 11.7. The van der Waals surface area contributed by atoms with Crippen LogP contribution >= 0.6 is 0 Å². The summed E-state index contributed by atoms with van der Waals surface area (Å²) in [4.78, 5) is 16.9. The zero-order valence-corrected chi connectivity index (χ0v) is 19.7. The highest BCUT2D eigenvalue weighted by atomic mass is 16.5. The van der Waals surface area contributed by atoms with Gasteiger partial charge in [0.15, 0.2) is 0 Å². The Kier molecular flexibility index (Phi) is 6.10. The van der Waals surface area contributed by atoms with Crippen LogP contribution in [0.3, 0.4) is 0 Å². The lowest BCUT2D eigenvalue weighted by molar-refractivity contribution is -0.0405. The summed E-state index contributed by atoms with van der Waals surface area (Å²) in [5.74, 6) is 3.34. The van der Waals surface area contributed by atoms with Gasteiger partial charge in [-0.05, 0) is 61.3 Å². The van der Waals surface area contributed by atoms with E-state index in [9.17, 15) is 10.1 Å². The molecular formula is C26H34N4O2. The average Bonchev–Trinajstić information content (AvgIpc) is 3.60. The lowest BCUT2D eigenvalue weighted by atomic mass is 9.83. The number of ether oxygens (including phenoxy) is 1. The molecule has 2 fully saturated rings. The van der Waals surface area contributed by atoms with E-state index in [4.69, 9.17) is 11.2 Å². The minimum atomic E-state index is -0.272. The Hall–Kier alpha value is -2.70. The summed E-state index contributed by atoms with van der Waals surface area (Å²) in [5, 5.41) is 13.0. The Labute approximate surface area is 191 Å². The minimum Gasteiger partial charge on any atom is -0.371 e. The number of urea groups is 1. The van der Waals surface area contributed by atoms with Crippen molar-refractivity contribution in [3.8, 4) is 18.4 Å². The van der Waals surface area contributed by atoms with E-state index in [0.717, 1.165) is 17.7 Å². The minimum absolute atomic E-state index is 0.0493. The molecule has 6 nitrogen and oxygen atoms in total. The number of carbonyl (C=O) groups excluding carboxylic acids is 1. The first-order chi connectivity index (χ1) is 15.3. The molecule has 0 spiro atoms. The Morgan fingerprint density at radius 3 is 2.72 bits per heavy atom. The van der Waals surface area contributed by atoms with Gasteiger partial charge < -0.3 is 19.9 Å². The first kappa shape index (κ1) is 22.5. The number of hydrogen-bond acceptors (Lipinski definition) is 4. The molecule has 1 atom stereocenters. The lowest BCUT2D eigenvalue weighted by Gasteiger charge is -2.45. The van der Waals surface area contributed by atoms with Crippen molar-refractivity contribution in [3.63, 3.8) is 0 Å². The standard InChI is InChI=1S/C26H34N4O2/c1-6-9-28-25(31)30-11-10-29(15-24(30)17(2)3)23-12-19(18-7-8-18)22-16-32-26(4,5)13-20(22)21(23)14-27/h1,12,17-18,24H,7-11,13,15-16H2,2-5H3,(H,28,31)/t24-/m0/s1. The summed E-state index contributed by atoms with van der Waals surface area (Å²) < 4.78 is 6.13. The van der Waals surface area contributed by atoms with Crippen LogP contribution in [0, 0.1) is 29.6 Å². The van der Waals surface area contributed by atoms with Crippen LogP contribution in [-0.2, 0) is 17.8 Å². The topological polar surface area (TPSA) is 68.6 Å². The van der Waals surface area contributed by atoms with Crippen molar-refractivity contribution in [2.45, 2.75) is 71.1 Å². The first-order valence-corrected chi connectivity index (χ1v) is 11.7. The van der Waals surface area contributed by atoms with E-state index in [1.54, 1.807) is 0 Å². The van der Waals surface area contributed by atoms with Crippen molar-refractivity contribution in [1.29, 1.82) is 5.26 Å². The Morgan fingerprint density at radius 2 is 2.09 bits per heavy atom. The van der Waals surface area contributed by atoms with Crippen LogP contribution in [0.4, 0.5) is 10.5 Å². The highest BCUT2D eigenvalue weighted by Crippen LogP contribution is 2.47. The average molecular weight is 435 g/mol. The van der Waals surface area contributed by atoms with Crippen LogP contribution in [0.5, 0.6) is 0 Å². The quantitative estimate of drug-likeness (QED) is 0.733. The molecule has 0 unspecified atom stereocenters. The summed E-state index contributed by atoms with van der Waals surface area (Å²) in [6, 6.07) is 4.73. The maximum absolute atomic E-state index is 12.7. The van der Waals surface area contributed by atoms with Gasteiger partial charge in [0.1, 0.15) is 6.07 Å². The Morgan fingerprint density at radius 1 is 1.34 bits per heavy atom. The number of nitrogens with zero attached hydrogens (tertiary/aromatic N) is 3. The molecule has 0 aromatic heterocycles. The number of fused-ring (bicyclic) bond motifs is 1. The smallest absolute Gasteiger partial charge is 0.318 e. The molecule has 1 aromatic rings. The number of rotatable bonds is 4. The summed E-state index contributed by atoms with van der Waals surface area (Å²) in [7, 11) is 0. The van der Waals surface area contributed by atoms with Gasteiger partial charge in [0.05, 0.1) is 36.0 Å². The van der Waals surface area contributed by atoms with Gasteiger partial charge in [-0.2, -0.15) is 5.26 Å². The van der Waals surface area contributed by atoms with E-state index in [1.807, 2.05) is 4.90 Å². The van der Waals surface area contributed by atoms with E-state index in [0.29, 0.717) is 32.2 Å². The van der Waals surface area contributed by atoms with E-state index in [2.05, 4.69) is 56.0 Å². The molecule has 32 heavy (non-hydrogen) atoms. The normalized spacial score (nSPS) is 22.2. The van der Waals surface area contributed by atoms with Gasteiger partial charge in [-0.25, -0.2) is 4.79 Å². The van der Waals surface area contributed by atoms with Gasteiger partial charge >= 0.3 is 6.03 Å². The molecule has 6 heteroatoms. The Bertz CT molecular complexity index is 981. The fourth-order valence-corrected chi connectivity index (χ4v) is 5.11. The second-order valence-electron chi connectivity index (χ2n) is 10.2. The van der Waals surface area contributed by atoms with Gasteiger partial charge in [-0.15, -0.1) is 6.42 Å². The van der Waals surface area contributed by atoms with Crippen LogP contribution in [0.25, 0.3) is 0 Å². The monoisotopic (exact) mass is 434 g/mol. The fourth-order valence-electron chi connectivity index (χ4n) is 5.11. The van der Waals surface area contributed by atoms with Crippen LogP contribution in [-0.4, -0.2) is 48.8 Å². The van der Waals surface area contributed by atoms with Gasteiger partial charge in [0, 0.05) is 26.1 Å². The number of benzene rings is 1. The molecule has 1 saturated carbocycles. The molecule has 0 bridgehead atoms. The van der Waals surface area contributed by atoms with E-state index >= 15 is 0 Å². The largest absolute Gasteiger partial charge is 0.371 e. The van der Waals surface area contributed by atoms with Crippen molar-refractivity contribution in [3.05, 3.63) is 28.3 Å². The third-order valence-corrected chi connectivity index (χ3v) is 7.03. The van der Waals surface area contributed by atoms with E-state index in [-0.39, 0.29) is 30.1 Å². The summed E-state index contributed by atoms with van der Waals surface area (Å²) in [5.41, 5.74) is 5.30. The number of amides is 2. The number of piperazine rings is 1. The van der Waals surface area contributed by atoms with Crippen molar-refractivity contribution in [1.82, 2.24) is 10.2 Å². The zero-order chi connectivity index (χ0) is 23.0. The zero-order valence-electron chi connectivity index (χ0n) is 19.7. The molecule has 1 aromatic carbocycles. The van der Waals surface area contributed by atoms with Gasteiger partial charge in [0.25, 0.3) is 0 Å². The van der Waals surface area contributed by atoms with Crippen molar-refractivity contribution in [2.24, 2.45) is 5.92 Å². The molecule has 2 heterocycles. The number of carbonyl (C=O) groups is 1. The molecule has 1 saturated heterocycles. The van der Waals surface area contributed by atoms with E-state index < -0.39 is 0 Å². The predicted octanol–water partition coefficient (Wildman–Crippen LogP) is 3.78. The van der Waals surface area contributed by atoms with Gasteiger partial charge in [0.2, 0.25) is 0 Å². The van der Waals surface area contributed by atoms with Gasteiger partial charge in [-0.3, -0.25) is 0 Å². The van der Waals surface area contributed by atoms with Crippen molar-refractivity contribution >= 4 is 11.7 Å². The van der Waals surface area contributed by atoms with Crippen LogP contribution in [0.15, 0.2) is 6.07 Å². The molecule has 2 amide bonds. The molecule has 1 aliphatic carbocycles. The molecule has 170 valence electrons. The van der Waals surface area contributed by atoms with Crippen LogP contribution in [0.2, 0.25) is 0 Å². The maximum atomic E-state index is 12.7. The number of hydrogen-bond donors (Lipinski definition) is 1. The number of nitriles is 1. The number of anilines is 1. The highest BCUT2D eigenvalue weighted by molar-refractivity contribution is 5.76. The lowest BCUT2D eigenvalue weighted by Crippen LogP contribution is -2.59. The van der Waals surface area contributed by atoms with Crippen LogP contribution < -0.4 is 10.2 Å². The number of nitrogens with one attached hydrogen (secondary N) is 1. The summed E-state index contributed by atoms with van der Waals surface area (Å²) in [6.45, 7) is 11.3. The predicted molar refractivity (Wildman–Crippen MR) is 125 cm³/mol. The Balaban J connectivity index is 1.69. The molecule has 4 rings (SSSR count). The second-order valence-corrected chi connectivity index (χ2v) is 10.2. The molecule has 1 N–H and O–H groups in total. The van der Waals surface area contributed by atoms with Crippen LogP contribution in [0.1, 0.15) is 68.7 Å². The maximum Gasteiger partial charge on any atom is 0.318 e. The summed E-state index contributed by atoms with van der Waals surface area (Å²) in [6.07, 6.45) is 8.48. The molecule has 2 aliphatic heterocycles. The second kappa shape index (κ2) is 8.68. The SMILES string of the molecule is C#CCNC(=O)N1CCN(c2cc(C3CC3)c3c(c2C#N)CC(C)(C)OC3)C[C@H]1C(C)C. The third-order valence-electron chi connectivity index (χ3n) is 7.03. The van der Waals surface area contributed by atoms with E-state index in [1.165, 1.54) is 29.5 Å².